The van der Waals surface area contributed by atoms with Gasteiger partial charge in [0.05, 0.1) is 5.60 Å². The molecule has 5 nitrogen and oxygen atoms in total. The van der Waals surface area contributed by atoms with Crippen molar-refractivity contribution in [2.24, 2.45) is 0 Å². The Bertz CT molecular complexity index is 1070. The van der Waals surface area contributed by atoms with Gasteiger partial charge in [0, 0.05) is 31.0 Å². The minimum atomic E-state index is -0.831. The summed E-state index contributed by atoms with van der Waals surface area (Å²) in [5, 5.41) is 22.5. The molecule has 0 spiro atoms. The molecule has 1 unspecified atom stereocenters. The maximum absolute atomic E-state index is 13.2. The van der Waals surface area contributed by atoms with Crippen molar-refractivity contribution < 1.29 is 15.0 Å². The van der Waals surface area contributed by atoms with Crippen LogP contribution in [0.3, 0.4) is 0 Å². The number of piperidine rings is 1. The number of carbonyl (C=O) groups is 1. The summed E-state index contributed by atoms with van der Waals surface area (Å²) >= 11 is 0. The van der Waals surface area contributed by atoms with E-state index in [2.05, 4.69) is 37.1 Å². The van der Waals surface area contributed by atoms with Crippen molar-refractivity contribution >= 4 is 5.91 Å². The van der Waals surface area contributed by atoms with E-state index in [1.165, 1.54) is 16.7 Å². The fourth-order valence-electron chi connectivity index (χ4n) is 7.03. The van der Waals surface area contributed by atoms with E-state index in [1.807, 2.05) is 30.1 Å². The molecule has 4 atom stereocenters. The third-order valence-corrected chi connectivity index (χ3v) is 8.92. The molecule has 3 aliphatic rings. The van der Waals surface area contributed by atoms with E-state index >= 15 is 0 Å². The van der Waals surface area contributed by atoms with Gasteiger partial charge in [-0.15, -0.1) is 0 Å². The van der Waals surface area contributed by atoms with Crippen LogP contribution in [0.2, 0.25) is 0 Å². The van der Waals surface area contributed by atoms with Gasteiger partial charge >= 0.3 is 0 Å². The van der Waals surface area contributed by atoms with Crippen LogP contribution in [0.4, 0.5) is 0 Å². The van der Waals surface area contributed by atoms with Crippen molar-refractivity contribution in [3.8, 4) is 5.75 Å². The largest absolute Gasteiger partial charge is 0.508 e. The molecule has 2 aromatic rings. The highest BCUT2D eigenvalue weighted by Crippen LogP contribution is 2.58. The third-order valence-electron chi connectivity index (χ3n) is 8.92. The van der Waals surface area contributed by atoms with E-state index in [4.69, 9.17) is 0 Å². The molecule has 1 saturated heterocycles. The standard InChI is InChI=1S/C28H36N2O3/c1-19-5-4-6-20(15-19)7-10-26(32)30(3)22-11-12-28(33)25-16-21-8-9-23(31)17-24(21)27(28,18-22)13-14-29(25)2/h4-6,8-9,15,17,22,25,31,33H,7,10-14,16,18H2,1-3H3/t22?,25-,27-,28-/m1/s1. The molecule has 176 valence electrons. The molecule has 1 amide bonds. The Morgan fingerprint density at radius 3 is 2.82 bits per heavy atom. The van der Waals surface area contributed by atoms with Gasteiger partial charge in [0.15, 0.2) is 0 Å². The molecule has 0 radical (unpaired) electrons. The third kappa shape index (κ3) is 3.57. The van der Waals surface area contributed by atoms with Gasteiger partial charge in [-0.3, -0.25) is 4.79 Å². The second-order valence-corrected chi connectivity index (χ2v) is 10.7. The number of rotatable bonds is 4. The Kier molecular flexibility index (Phi) is 5.53. The van der Waals surface area contributed by atoms with Crippen molar-refractivity contribution in [1.29, 1.82) is 0 Å². The van der Waals surface area contributed by atoms with E-state index in [-0.39, 0.29) is 23.7 Å². The SMILES string of the molecule is Cc1cccc(CCC(=O)N(C)C2CC[C@@]3(O)[C@H]4Cc5ccc(O)cc5[C@@]3(CCN4C)C2)c1. The number of aryl methyl sites for hydroxylation is 2. The zero-order valence-electron chi connectivity index (χ0n) is 20.1. The smallest absolute Gasteiger partial charge is 0.222 e. The molecule has 2 aliphatic carbocycles. The molecular formula is C28H36N2O3. The van der Waals surface area contributed by atoms with Crippen molar-refractivity contribution in [1.82, 2.24) is 9.80 Å². The monoisotopic (exact) mass is 448 g/mol. The van der Waals surface area contributed by atoms with Crippen LogP contribution in [0.5, 0.6) is 5.75 Å². The topological polar surface area (TPSA) is 64.0 Å². The number of phenols is 1. The van der Waals surface area contributed by atoms with Crippen LogP contribution in [0.1, 0.15) is 54.4 Å². The zero-order chi connectivity index (χ0) is 23.4. The number of carbonyl (C=O) groups excluding carboxylic acids is 1. The lowest BCUT2D eigenvalue weighted by atomic mass is 9.49. The Hall–Kier alpha value is -2.37. The van der Waals surface area contributed by atoms with Gasteiger partial charge in [-0.2, -0.15) is 0 Å². The lowest BCUT2D eigenvalue weighted by Gasteiger charge is -2.64. The fourth-order valence-corrected chi connectivity index (χ4v) is 7.03. The van der Waals surface area contributed by atoms with Gasteiger partial charge < -0.3 is 20.0 Å². The number of benzene rings is 2. The normalized spacial score (nSPS) is 30.9. The van der Waals surface area contributed by atoms with Crippen LogP contribution >= 0.6 is 0 Å². The van der Waals surface area contributed by atoms with Crippen LogP contribution < -0.4 is 0 Å². The van der Waals surface area contributed by atoms with Crippen LogP contribution in [0.15, 0.2) is 42.5 Å². The van der Waals surface area contributed by atoms with Gasteiger partial charge in [-0.25, -0.2) is 0 Å². The summed E-state index contributed by atoms with van der Waals surface area (Å²) in [4.78, 5) is 17.4. The predicted octanol–water partition coefficient (Wildman–Crippen LogP) is 3.57. The lowest BCUT2D eigenvalue weighted by Crippen LogP contribution is -2.73. The number of phenolic OH excluding ortho intramolecular Hbond substituents is 1. The number of nitrogens with zero attached hydrogens (tertiary/aromatic N) is 2. The van der Waals surface area contributed by atoms with E-state index in [0.717, 1.165) is 44.2 Å². The minimum absolute atomic E-state index is 0.0755. The number of aromatic hydroxyl groups is 1. The van der Waals surface area contributed by atoms with Crippen molar-refractivity contribution in [3.05, 3.63) is 64.7 Å². The van der Waals surface area contributed by atoms with Crippen LogP contribution in [-0.2, 0) is 23.1 Å². The molecule has 33 heavy (non-hydrogen) atoms. The van der Waals surface area contributed by atoms with Crippen LogP contribution in [0.25, 0.3) is 0 Å². The van der Waals surface area contributed by atoms with E-state index < -0.39 is 11.0 Å². The Balaban J connectivity index is 1.40. The molecule has 2 N–H and O–H groups in total. The first kappa shape index (κ1) is 22.4. The predicted molar refractivity (Wildman–Crippen MR) is 129 cm³/mol. The van der Waals surface area contributed by atoms with Gasteiger partial charge in [0.25, 0.3) is 0 Å². The summed E-state index contributed by atoms with van der Waals surface area (Å²) in [6, 6.07) is 14.2. The quantitative estimate of drug-likeness (QED) is 0.751. The van der Waals surface area contributed by atoms with E-state index in [1.54, 1.807) is 6.07 Å². The Morgan fingerprint density at radius 2 is 2.03 bits per heavy atom. The van der Waals surface area contributed by atoms with Gasteiger partial charge in [0.1, 0.15) is 5.75 Å². The fraction of sp³-hybridized carbons (Fsp3) is 0.536. The summed E-state index contributed by atoms with van der Waals surface area (Å²) in [7, 11) is 4.05. The van der Waals surface area contributed by atoms with Crippen LogP contribution in [0, 0.1) is 6.92 Å². The highest BCUT2D eigenvalue weighted by Gasteiger charge is 2.64. The molecule has 2 fully saturated rings. The zero-order valence-corrected chi connectivity index (χ0v) is 20.1. The average Bonchev–Trinajstić information content (AvgIpc) is 2.79. The molecule has 5 rings (SSSR count). The average molecular weight is 449 g/mol. The summed E-state index contributed by atoms with van der Waals surface area (Å²) in [5.74, 6) is 0.423. The summed E-state index contributed by atoms with van der Waals surface area (Å²) < 4.78 is 0. The molecule has 0 aromatic heterocycles. The number of hydrogen-bond donors (Lipinski definition) is 2. The first-order chi connectivity index (χ1) is 15.7. The molecule has 1 heterocycles. The Morgan fingerprint density at radius 1 is 1.21 bits per heavy atom. The summed E-state index contributed by atoms with van der Waals surface area (Å²) in [6.07, 6.45) is 5.12. The number of hydrogen-bond acceptors (Lipinski definition) is 4. The minimum Gasteiger partial charge on any atom is -0.508 e. The van der Waals surface area contributed by atoms with Crippen molar-refractivity contribution in [2.45, 2.75) is 75.0 Å². The number of fused-ring (bicyclic) bond motifs is 1. The van der Waals surface area contributed by atoms with Gasteiger partial charge in [-0.05, 0) is 87.9 Å². The summed E-state index contributed by atoms with van der Waals surface area (Å²) in [6.45, 7) is 2.99. The molecule has 1 aliphatic heterocycles. The molecule has 2 aromatic carbocycles. The maximum Gasteiger partial charge on any atom is 0.222 e. The summed E-state index contributed by atoms with van der Waals surface area (Å²) in [5.41, 5.74) is 3.48. The molecule has 1 saturated carbocycles. The number of amides is 1. The van der Waals surface area contributed by atoms with Gasteiger partial charge in [-0.1, -0.05) is 35.9 Å². The van der Waals surface area contributed by atoms with Crippen molar-refractivity contribution in [3.63, 3.8) is 0 Å². The lowest BCUT2D eigenvalue weighted by molar-refractivity contribution is -0.173. The maximum atomic E-state index is 13.2. The van der Waals surface area contributed by atoms with E-state index in [0.29, 0.717) is 12.8 Å². The Labute approximate surface area is 197 Å². The highest BCUT2D eigenvalue weighted by atomic mass is 16.3. The molecule has 2 bridgehead atoms. The second-order valence-electron chi connectivity index (χ2n) is 10.7. The molecular weight excluding hydrogens is 412 g/mol. The number of aliphatic hydroxyl groups is 1. The van der Waals surface area contributed by atoms with Crippen LogP contribution in [-0.4, -0.2) is 64.2 Å². The second kappa shape index (κ2) is 8.14. The first-order valence-corrected chi connectivity index (χ1v) is 12.3. The van der Waals surface area contributed by atoms with Crippen molar-refractivity contribution in [2.75, 3.05) is 20.6 Å². The molecule has 5 heteroatoms. The van der Waals surface area contributed by atoms with E-state index in [9.17, 15) is 15.0 Å². The number of likely N-dealkylation sites (N-methyl/N-ethyl adjacent to an activating group) is 1. The van der Waals surface area contributed by atoms with Gasteiger partial charge in [0.2, 0.25) is 5.91 Å². The highest BCUT2D eigenvalue weighted by molar-refractivity contribution is 5.76. The number of likely N-dealkylation sites (tertiary alicyclic amines) is 1. The first-order valence-electron chi connectivity index (χ1n) is 12.3.